The molecule has 127 heavy (non-hydrogen) atoms. The monoisotopic (exact) mass is 1720 g/mol. The molecule has 28 rings (SSSR count). The Morgan fingerprint density at radius 1 is 0.236 bits per heavy atom. The van der Waals surface area contributed by atoms with Crippen LogP contribution in [0.1, 0.15) is 11.1 Å². The van der Waals surface area contributed by atoms with Gasteiger partial charge in [-0.05, 0) is 203 Å². The number of halogens is 1. The van der Waals surface area contributed by atoms with Gasteiger partial charge in [0.15, 0.2) is 0 Å². The van der Waals surface area contributed by atoms with E-state index in [9.17, 15) is 0 Å². The molecule has 1 aliphatic carbocycles. The molecule has 7 aromatic heterocycles. The summed E-state index contributed by atoms with van der Waals surface area (Å²) in [6.07, 6.45) is 1.06. The fraction of sp³-hybridized carbons (Fsp3) is 0.00855. The summed E-state index contributed by atoms with van der Waals surface area (Å²) in [7, 11) is 0. The summed E-state index contributed by atoms with van der Waals surface area (Å²) >= 11 is 7.18. The molecule has 20 aromatic carbocycles. The Hall–Kier alpha value is -15.6. The van der Waals surface area contributed by atoms with Crippen LogP contribution in [0.15, 0.2) is 417 Å². The van der Waals surface area contributed by atoms with Crippen LogP contribution in [0.5, 0.6) is 0 Å². The van der Waals surface area contributed by atoms with E-state index in [1.807, 2.05) is 0 Å². The smallest absolute Gasteiger partial charge is 0.143 e. The number of hydrogen-bond donors (Lipinski definition) is 0. The van der Waals surface area contributed by atoms with Crippen molar-refractivity contribution in [3.05, 3.63) is 428 Å². The van der Waals surface area contributed by atoms with Crippen LogP contribution >= 0.6 is 38.6 Å². The lowest BCUT2D eigenvalue weighted by molar-refractivity contribution is 1.18. The molecular weight excluding hydrogens is 1650 g/mol. The Morgan fingerprint density at radius 2 is 0.661 bits per heavy atom. The normalized spacial score (nSPS) is 12.1. The second-order valence-electron chi connectivity index (χ2n) is 33.1. The fourth-order valence-corrected chi connectivity index (χ4v) is 22.8. The minimum absolute atomic E-state index is 0.874. The number of fused-ring (bicyclic) bond motifs is 26. The summed E-state index contributed by atoms with van der Waals surface area (Å²) in [6.45, 7) is 0. The zero-order chi connectivity index (χ0) is 83.5. The Morgan fingerprint density at radius 3 is 1.24 bits per heavy atom. The molecule has 0 spiro atoms. The van der Waals surface area contributed by atoms with E-state index >= 15 is 0 Å². The first-order chi connectivity index (χ1) is 62.9. The molecule has 1 aliphatic rings. The van der Waals surface area contributed by atoms with Gasteiger partial charge >= 0.3 is 0 Å². The van der Waals surface area contributed by atoms with Crippen LogP contribution in [0.3, 0.4) is 0 Å². The summed E-state index contributed by atoms with van der Waals surface area (Å²) in [4.78, 5) is 23.9. The number of rotatable bonds is 7. The Labute approximate surface area is 745 Å². The van der Waals surface area contributed by atoms with Crippen LogP contribution in [0.25, 0.3) is 244 Å². The molecule has 0 saturated heterocycles. The largest absolute Gasteiger partial charge is 0.309 e. The van der Waals surface area contributed by atoms with E-state index in [-0.39, 0.29) is 0 Å². The van der Waals surface area contributed by atoms with Gasteiger partial charge in [0.2, 0.25) is 0 Å². The third-order valence-corrected chi connectivity index (χ3v) is 28.8. The highest BCUT2D eigenvalue weighted by atomic mass is 79.9. The van der Waals surface area contributed by atoms with Gasteiger partial charge in [0.05, 0.1) is 61.6 Å². The lowest BCUT2D eigenvalue weighted by Gasteiger charge is -2.16. The highest BCUT2D eigenvalue weighted by Crippen LogP contribution is 2.49. The first kappa shape index (κ1) is 73.0. The van der Waals surface area contributed by atoms with Crippen molar-refractivity contribution in [3.63, 3.8) is 0 Å². The van der Waals surface area contributed by atoms with Gasteiger partial charge in [0.25, 0.3) is 0 Å². The van der Waals surface area contributed by atoms with Crippen molar-refractivity contribution in [1.29, 1.82) is 0 Å². The van der Waals surface area contributed by atoms with Crippen molar-refractivity contribution in [2.24, 2.45) is 0 Å². The standard InChI is InChI=1S/C58H34N4S.C38H22BrN3S.C21H14/c1-2-17-39(18-3-1)61-48-24-12-10-22-43(48)46-33-38(27-29-50(46)61)55-56(59-57-45-23-11-13-25-53(45)63-58(57)60-55)44-28-31-49(42-21-9-8-20-41(42)44)62-51-30-26-35-14-6-7-19-40(35)54(51)47-32-36-15-4-5-16-37(36)34-52(47)62;39-31-20-19-28(25-12-4-5-13-26(25)31)36-35(41-38-37(40-36)29-15-7-9-17-34(29)43-38)23-18-21-33-30(22-23)27-14-6-8-16-32(27)42(33)24-10-2-1-3-11-24;1-2-7-16-13-20-18(11-15(16)6-1)12-17-10-9-14-5-3-4-8-19(14)21(17)20/h1-34H;1-22H;1-11,13H,12H2. The van der Waals surface area contributed by atoms with Crippen molar-refractivity contribution >= 4 is 210 Å². The maximum atomic E-state index is 5.65. The summed E-state index contributed by atoms with van der Waals surface area (Å²) in [5.74, 6) is 0. The number of thiophene rings is 2. The zero-order valence-corrected chi connectivity index (χ0v) is 71.5. The molecule has 27 aromatic rings. The van der Waals surface area contributed by atoms with Crippen molar-refractivity contribution in [2.45, 2.75) is 6.42 Å². The number of para-hydroxylation sites is 4. The molecule has 592 valence electrons. The topological polar surface area (TPSA) is 66.3 Å². The first-order valence-corrected chi connectivity index (χ1v) is 45.5. The highest BCUT2D eigenvalue weighted by molar-refractivity contribution is 9.10. The number of hydrogen-bond acceptors (Lipinski definition) is 6. The van der Waals surface area contributed by atoms with Gasteiger partial charge in [-0.2, -0.15) is 0 Å². The number of aromatic nitrogens is 7. The number of nitrogens with zero attached hydrogens (tertiary/aromatic N) is 7. The molecule has 0 bridgehead atoms. The lowest BCUT2D eigenvalue weighted by atomic mass is 9.96. The third kappa shape index (κ3) is 11.8. The molecule has 0 amide bonds. The number of benzene rings is 20. The first-order valence-electron chi connectivity index (χ1n) is 43.0. The zero-order valence-electron chi connectivity index (χ0n) is 68.3. The summed E-state index contributed by atoms with van der Waals surface area (Å²) in [5, 5.41) is 24.5. The summed E-state index contributed by atoms with van der Waals surface area (Å²) in [5.41, 5.74) is 25.9. The van der Waals surface area contributed by atoms with E-state index in [1.54, 1.807) is 22.7 Å². The van der Waals surface area contributed by atoms with Crippen LogP contribution < -0.4 is 0 Å². The van der Waals surface area contributed by atoms with Gasteiger partial charge in [0.1, 0.15) is 20.7 Å². The van der Waals surface area contributed by atoms with E-state index < -0.39 is 0 Å². The van der Waals surface area contributed by atoms with Gasteiger partial charge in [-0.1, -0.05) is 313 Å². The van der Waals surface area contributed by atoms with Crippen LogP contribution in [-0.4, -0.2) is 33.6 Å². The lowest BCUT2D eigenvalue weighted by Crippen LogP contribution is -1.99. The van der Waals surface area contributed by atoms with E-state index in [0.29, 0.717) is 0 Å². The molecule has 0 fully saturated rings. The van der Waals surface area contributed by atoms with Crippen molar-refractivity contribution in [3.8, 4) is 73.2 Å². The van der Waals surface area contributed by atoms with Crippen molar-refractivity contribution in [1.82, 2.24) is 33.6 Å². The molecule has 0 unspecified atom stereocenters. The van der Waals surface area contributed by atoms with Gasteiger partial charge in [0, 0.05) is 96.0 Å². The highest BCUT2D eigenvalue weighted by Gasteiger charge is 2.28. The van der Waals surface area contributed by atoms with Gasteiger partial charge in [-0.3, -0.25) is 0 Å². The second-order valence-corrected chi connectivity index (χ2v) is 36.0. The van der Waals surface area contributed by atoms with E-state index in [1.165, 1.54) is 135 Å². The Balaban J connectivity index is 0.000000114. The Kier molecular flexibility index (Phi) is 16.9. The third-order valence-electron chi connectivity index (χ3n) is 26.0. The van der Waals surface area contributed by atoms with E-state index in [2.05, 4.69) is 442 Å². The maximum Gasteiger partial charge on any atom is 0.143 e. The minimum Gasteiger partial charge on any atom is -0.309 e. The molecule has 0 N–H and O–H groups in total. The van der Waals surface area contributed by atoms with Crippen LogP contribution in [0, 0.1) is 0 Å². The molecule has 0 aliphatic heterocycles. The van der Waals surface area contributed by atoms with Gasteiger partial charge in [-0.15, -0.1) is 22.7 Å². The quantitative estimate of drug-likeness (QED) is 0.159. The SMILES string of the molecule is Brc1ccc(-c2nc3c(nc2-c2ccc4c(c2)c2ccccc2n4-c2ccccc2)sc2ccccc23)c2ccccc12.c1ccc(-n2c3ccccc3c3cc(-c4nc5sc6ccccc6c5nc4-c4ccc(-n5c6cc7ccccc7cc6c6c7ccccc7ccc65)c5ccccc45)ccc32)cc1.c1ccc2cc3c(cc2c1)Cc1ccc2ccccc2c1-3. The van der Waals surface area contributed by atoms with Gasteiger partial charge < -0.3 is 13.7 Å². The molecule has 0 saturated carbocycles. The van der Waals surface area contributed by atoms with E-state index in [0.717, 1.165) is 132 Å². The van der Waals surface area contributed by atoms with Crippen LogP contribution in [0.2, 0.25) is 0 Å². The summed E-state index contributed by atoms with van der Waals surface area (Å²) in [6, 6.07) is 149. The van der Waals surface area contributed by atoms with Crippen LogP contribution in [0.4, 0.5) is 0 Å². The molecule has 0 radical (unpaired) electrons. The molecule has 0 atom stereocenters. The molecule has 7 nitrogen and oxygen atoms in total. The predicted octanol–water partition coefficient (Wildman–Crippen LogP) is 32.6. The van der Waals surface area contributed by atoms with Crippen molar-refractivity contribution < 1.29 is 0 Å². The average Bonchev–Trinajstić information content (AvgIpc) is 1.56. The average molecular weight is 1720 g/mol. The second kappa shape index (κ2) is 29.3. The minimum atomic E-state index is 0.874. The van der Waals surface area contributed by atoms with E-state index in [4.69, 9.17) is 19.9 Å². The summed E-state index contributed by atoms with van der Waals surface area (Å²) < 4.78 is 10.6. The fourth-order valence-electron chi connectivity index (χ4n) is 20.3. The molecule has 10 heteroatoms. The Bertz CT molecular complexity index is 9300. The molecular formula is C117H70BrN7S2. The van der Waals surface area contributed by atoms with Crippen molar-refractivity contribution in [2.75, 3.05) is 0 Å². The van der Waals surface area contributed by atoms with Gasteiger partial charge in [-0.25, -0.2) is 19.9 Å². The maximum absolute atomic E-state index is 5.65. The predicted molar refractivity (Wildman–Crippen MR) is 542 cm³/mol. The van der Waals surface area contributed by atoms with Crippen LogP contribution in [-0.2, 0) is 6.42 Å². The molecule has 7 heterocycles.